The van der Waals surface area contributed by atoms with Crippen LogP contribution in [0.4, 0.5) is 0 Å². The second-order valence-corrected chi connectivity index (χ2v) is 6.33. The van der Waals surface area contributed by atoms with Crippen molar-refractivity contribution in [1.82, 2.24) is 19.4 Å². The molecule has 1 amide bonds. The Morgan fingerprint density at radius 2 is 1.86 bits per heavy atom. The monoisotopic (exact) mass is 300 g/mol. The summed E-state index contributed by atoms with van der Waals surface area (Å²) >= 11 is 0. The fourth-order valence-electron chi connectivity index (χ4n) is 3.03. The van der Waals surface area contributed by atoms with E-state index in [1.165, 1.54) is 5.52 Å². The zero-order chi connectivity index (χ0) is 15.7. The molecule has 5 nitrogen and oxygen atoms in total. The van der Waals surface area contributed by atoms with Gasteiger partial charge >= 0.3 is 0 Å². The third-order valence-corrected chi connectivity index (χ3v) is 4.42. The normalized spacial score (nSPS) is 16.6. The van der Waals surface area contributed by atoms with Crippen LogP contribution in [0.15, 0.2) is 24.3 Å². The SMILES string of the molecule is CC(C)C(=O)N1CCN(Cc2nc3ccccc3n2C)CC1. The van der Waals surface area contributed by atoms with Crippen molar-refractivity contribution >= 4 is 16.9 Å². The van der Waals surface area contributed by atoms with Gasteiger partial charge < -0.3 is 9.47 Å². The van der Waals surface area contributed by atoms with Crippen LogP contribution in [0.2, 0.25) is 0 Å². The summed E-state index contributed by atoms with van der Waals surface area (Å²) in [7, 11) is 2.07. The van der Waals surface area contributed by atoms with Gasteiger partial charge in [-0.05, 0) is 12.1 Å². The molecule has 0 N–H and O–H groups in total. The molecule has 3 rings (SSSR count). The number of carbonyl (C=O) groups excluding carboxylic acids is 1. The molecule has 0 radical (unpaired) electrons. The second-order valence-electron chi connectivity index (χ2n) is 6.33. The van der Waals surface area contributed by atoms with E-state index in [2.05, 4.69) is 28.6 Å². The molecule has 5 heteroatoms. The Morgan fingerprint density at radius 1 is 1.18 bits per heavy atom. The first-order valence-electron chi connectivity index (χ1n) is 7.97. The Morgan fingerprint density at radius 3 is 2.50 bits per heavy atom. The number of benzene rings is 1. The van der Waals surface area contributed by atoms with Crippen LogP contribution < -0.4 is 0 Å². The summed E-state index contributed by atoms with van der Waals surface area (Å²) in [5, 5.41) is 0. The molecule has 118 valence electrons. The quantitative estimate of drug-likeness (QED) is 0.869. The van der Waals surface area contributed by atoms with E-state index in [0.717, 1.165) is 44.1 Å². The highest BCUT2D eigenvalue weighted by molar-refractivity contribution is 5.78. The van der Waals surface area contributed by atoms with Crippen LogP contribution >= 0.6 is 0 Å². The summed E-state index contributed by atoms with van der Waals surface area (Å²) in [4.78, 5) is 21.1. The first-order chi connectivity index (χ1) is 10.6. The van der Waals surface area contributed by atoms with Gasteiger partial charge in [0.1, 0.15) is 5.82 Å². The van der Waals surface area contributed by atoms with Gasteiger partial charge in [-0.1, -0.05) is 26.0 Å². The predicted octanol–water partition coefficient (Wildman–Crippen LogP) is 1.87. The summed E-state index contributed by atoms with van der Waals surface area (Å²) in [6.07, 6.45) is 0. The van der Waals surface area contributed by atoms with Crippen LogP contribution in [-0.2, 0) is 18.4 Å². The standard InChI is InChI=1S/C17H24N4O/c1-13(2)17(22)21-10-8-20(9-11-21)12-16-18-14-6-4-5-7-15(14)19(16)3/h4-7,13H,8-12H2,1-3H3. The van der Waals surface area contributed by atoms with E-state index >= 15 is 0 Å². The third kappa shape index (κ3) is 2.86. The number of aryl methyl sites for hydroxylation is 1. The summed E-state index contributed by atoms with van der Waals surface area (Å²) < 4.78 is 2.17. The maximum absolute atomic E-state index is 12.0. The fourth-order valence-corrected chi connectivity index (χ4v) is 3.03. The Balaban J connectivity index is 1.65. The van der Waals surface area contributed by atoms with Gasteiger partial charge in [0.05, 0.1) is 17.6 Å². The molecule has 1 saturated heterocycles. The topological polar surface area (TPSA) is 41.4 Å². The van der Waals surface area contributed by atoms with Crippen molar-refractivity contribution in [2.45, 2.75) is 20.4 Å². The zero-order valence-electron chi connectivity index (χ0n) is 13.6. The minimum Gasteiger partial charge on any atom is -0.340 e. The minimum absolute atomic E-state index is 0.0892. The van der Waals surface area contributed by atoms with Crippen molar-refractivity contribution in [3.05, 3.63) is 30.1 Å². The molecular formula is C17H24N4O. The fraction of sp³-hybridized carbons (Fsp3) is 0.529. The van der Waals surface area contributed by atoms with Crippen molar-refractivity contribution in [1.29, 1.82) is 0 Å². The summed E-state index contributed by atoms with van der Waals surface area (Å²) in [6.45, 7) is 8.25. The molecule has 1 aromatic carbocycles. The highest BCUT2D eigenvalue weighted by Crippen LogP contribution is 2.16. The second kappa shape index (κ2) is 6.08. The number of rotatable bonds is 3. The Hall–Kier alpha value is -1.88. The molecule has 2 heterocycles. The van der Waals surface area contributed by atoms with Crippen LogP contribution in [0.25, 0.3) is 11.0 Å². The molecule has 1 aliphatic rings. The van der Waals surface area contributed by atoms with E-state index in [0.29, 0.717) is 0 Å². The van der Waals surface area contributed by atoms with Crippen LogP contribution in [0.3, 0.4) is 0 Å². The maximum atomic E-state index is 12.0. The lowest BCUT2D eigenvalue weighted by Crippen LogP contribution is -2.49. The highest BCUT2D eigenvalue weighted by atomic mass is 16.2. The average Bonchev–Trinajstić information content (AvgIpc) is 2.84. The Kier molecular flexibility index (Phi) is 4.16. The van der Waals surface area contributed by atoms with Gasteiger partial charge in [-0.2, -0.15) is 0 Å². The lowest BCUT2D eigenvalue weighted by atomic mass is 10.1. The first-order valence-corrected chi connectivity index (χ1v) is 7.97. The number of imidazole rings is 1. The average molecular weight is 300 g/mol. The summed E-state index contributed by atoms with van der Waals surface area (Å²) in [5.74, 6) is 1.44. The van der Waals surface area contributed by atoms with Crippen LogP contribution in [-0.4, -0.2) is 51.4 Å². The molecule has 0 saturated carbocycles. The number of piperazine rings is 1. The van der Waals surface area contributed by atoms with Crippen molar-refractivity contribution in [2.75, 3.05) is 26.2 Å². The number of aromatic nitrogens is 2. The van der Waals surface area contributed by atoms with Crippen molar-refractivity contribution < 1.29 is 4.79 Å². The van der Waals surface area contributed by atoms with E-state index in [-0.39, 0.29) is 11.8 Å². The van der Waals surface area contributed by atoms with Crippen molar-refractivity contribution in [3.8, 4) is 0 Å². The molecule has 0 aliphatic carbocycles. The molecule has 0 atom stereocenters. The largest absolute Gasteiger partial charge is 0.340 e. The van der Waals surface area contributed by atoms with E-state index in [9.17, 15) is 4.79 Å². The molecule has 2 aromatic rings. The molecule has 1 aliphatic heterocycles. The molecule has 0 spiro atoms. The van der Waals surface area contributed by atoms with E-state index in [4.69, 9.17) is 4.98 Å². The number of hydrogen-bond acceptors (Lipinski definition) is 3. The molecule has 22 heavy (non-hydrogen) atoms. The van der Waals surface area contributed by atoms with Crippen molar-refractivity contribution in [2.24, 2.45) is 13.0 Å². The van der Waals surface area contributed by atoms with E-state index in [1.807, 2.05) is 30.9 Å². The Labute approximate surface area is 131 Å². The number of carbonyl (C=O) groups is 1. The lowest BCUT2D eigenvalue weighted by Gasteiger charge is -2.35. The van der Waals surface area contributed by atoms with Gasteiger partial charge in [0.25, 0.3) is 0 Å². The first kappa shape index (κ1) is 15.0. The molecule has 1 fully saturated rings. The number of nitrogens with zero attached hydrogens (tertiary/aromatic N) is 4. The zero-order valence-corrected chi connectivity index (χ0v) is 13.6. The smallest absolute Gasteiger partial charge is 0.225 e. The van der Waals surface area contributed by atoms with E-state index in [1.54, 1.807) is 0 Å². The maximum Gasteiger partial charge on any atom is 0.225 e. The van der Waals surface area contributed by atoms with Gasteiger partial charge in [0, 0.05) is 39.1 Å². The number of hydrogen-bond donors (Lipinski definition) is 0. The number of para-hydroxylation sites is 2. The number of fused-ring (bicyclic) bond motifs is 1. The van der Waals surface area contributed by atoms with Gasteiger partial charge in [-0.3, -0.25) is 9.69 Å². The molecular weight excluding hydrogens is 276 g/mol. The predicted molar refractivity (Wildman–Crippen MR) is 87.4 cm³/mol. The molecule has 0 unspecified atom stereocenters. The summed E-state index contributed by atoms with van der Waals surface area (Å²) in [5.41, 5.74) is 2.22. The Bertz CT molecular complexity index is 668. The highest BCUT2D eigenvalue weighted by Gasteiger charge is 2.23. The van der Waals surface area contributed by atoms with Gasteiger partial charge in [-0.15, -0.1) is 0 Å². The lowest BCUT2D eigenvalue weighted by molar-refractivity contribution is -0.136. The van der Waals surface area contributed by atoms with Gasteiger partial charge in [0.2, 0.25) is 5.91 Å². The van der Waals surface area contributed by atoms with Gasteiger partial charge in [-0.25, -0.2) is 4.98 Å². The summed E-state index contributed by atoms with van der Waals surface area (Å²) in [6, 6.07) is 8.22. The third-order valence-electron chi connectivity index (χ3n) is 4.42. The van der Waals surface area contributed by atoms with Crippen LogP contribution in [0.1, 0.15) is 19.7 Å². The molecule has 1 aromatic heterocycles. The number of amides is 1. The van der Waals surface area contributed by atoms with Crippen molar-refractivity contribution in [3.63, 3.8) is 0 Å². The van der Waals surface area contributed by atoms with Gasteiger partial charge in [0.15, 0.2) is 0 Å². The van der Waals surface area contributed by atoms with E-state index < -0.39 is 0 Å². The van der Waals surface area contributed by atoms with Crippen LogP contribution in [0, 0.1) is 5.92 Å². The minimum atomic E-state index is 0.0892. The van der Waals surface area contributed by atoms with Crippen LogP contribution in [0.5, 0.6) is 0 Å². The molecule has 0 bridgehead atoms.